The summed E-state index contributed by atoms with van der Waals surface area (Å²) >= 11 is 11.3. The number of aryl methyl sites for hydroxylation is 1. The van der Waals surface area contributed by atoms with Crippen LogP contribution in [0.4, 0.5) is 0 Å². The summed E-state index contributed by atoms with van der Waals surface area (Å²) in [5.41, 5.74) is 2.13. The summed E-state index contributed by atoms with van der Waals surface area (Å²) < 4.78 is 2.00. The number of alkyl halides is 1. The van der Waals surface area contributed by atoms with E-state index in [4.69, 9.17) is 23.2 Å². The van der Waals surface area contributed by atoms with E-state index in [1.165, 1.54) is 19.3 Å². The van der Waals surface area contributed by atoms with Crippen LogP contribution in [-0.4, -0.2) is 16.7 Å². The molecule has 0 spiro atoms. The minimum atomic E-state index is 0.442. The molecule has 4 heteroatoms. The summed E-state index contributed by atoms with van der Waals surface area (Å²) in [4.78, 5) is 10.5. The number of hydrogen-bond donors (Lipinski definition) is 0. The fraction of sp³-hybridized carbons (Fsp3) is 0.438. The van der Waals surface area contributed by atoms with Gasteiger partial charge in [-0.3, -0.25) is 0 Å². The smallest absolute Gasteiger partial charge is 0.124 e. The molecule has 0 saturated heterocycles. The Kier molecular flexibility index (Phi) is 7.71. The summed E-state index contributed by atoms with van der Waals surface area (Å²) in [7, 11) is 1.96. The van der Waals surface area contributed by atoms with Crippen LogP contribution in [0, 0.1) is 0 Å². The van der Waals surface area contributed by atoms with Gasteiger partial charge in [0.05, 0.1) is 0 Å². The lowest BCUT2D eigenvalue weighted by Gasteiger charge is -1.95. The minimum Gasteiger partial charge on any atom is -0.350 e. The molecule has 1 heterocycles. The number of nitrogens with zero attached hydrogens (tertiary/aromatic N) is 1. The molecule has 0 fully saturated rings. The molecule has 0 atom stereocenters. The summed E-state index contributed by atoms with van der Waals surface area (Å²) in [5, 5.41) is 1.77. The molecule has 0 aliphatic heterocycles. The third-order valence-corrected chi connectivity index (χ3v) is 3.58. The molecule has 20 heavy (non-hydrogen) atoms. The Balaban J connectivity index is 0.000000286. The summed E-state index contributed by atoms with van der Waals surface area (Å²) in [6.45, 7) is 2.17. The molecule has 0 aliphatic rings. The van der Waals surface area contributed by atoms with E-state index in [0.717, 1.165) is 28.6 Å². The van der Waals surface area contributed by atoms with Gasteiger partial charge in [-0.15, -0.1) is 11.6 Å². The normalized spacial score (nSPS) is 10.2. The molecule has 0 saturated carbocycles. The number of rotatable bonds is 5. The zero-order chi connectivity index (χ0) is 15.0. The fourth-order valence-electron chi connectivity index (χ4n) is 2.04. The highest BCUT2D eigenvalue weighted by atomic mass is 35.5. The maximum atomic E-state index is 10.5. The van der Waals surface area contributed by atoms with E-state index >= 15 is 0 Å². The van der Waals surface area contributed by atoms with Crippen molar-refractivity contribution in [1.82, 2.24) is 4.57 Å². The van der Waals surface area contributed by atoms with Crippen LogP contribution in [0.25, 0.3) is 10.9 Å². The largest absolute Gasteiger partial charge is 0.350 e. The van der Waals surface area contributed by atoms with E-state index in [1.54, 1.807) is 0 Å². The number of aldehydes is 1. The topological polar surface area (TPSA) is 22.0 Å². The molecule has 0 unspecified atom stereocenters. The Morgan fingerprint density at radius 1 is 1.30 bits per heavy atom. The number of carbonyl (C=O) groups is 1. The van der Waals surface area contributed by atoms with Gasteiger partial charge < -0.3 is 9.36 Å². The van der Waals surface area contributed by atoms with E-state index in [9.17, 15) is 4.79 Å². The molecule has 2 rings (SSSR count). The number of unbranched alkanes of at least 4 members (excludes halogenated alkanes) is 2. The van der Waals surface area contributed by atoms with Crippen LogP contribution < -0.4 is 0 Å². The summed E-state index contributed by atoms with van der Waals surface area (Å²) in [6, 6.07) is 5.72. The van der Waals surface area contributed by atoms with Crippen molar-refractivity contribution < 1.29 is 4.79 Å². The third kappa shape index (κ3) is 4.84. The first kappa shape index (κ1) is 17.1. The predicted molar refractivity (Wildman–Crippen MR) is 87.9 cm³/mol. The number of benzene rings is 1. The van der Waals surface area contributed by atoms with Crippen molar-refractivity contribution in [3.8, 4) is 0 Å². The van der Waals surface area contributed by atoms with Gasteiger partial charge in [-0.1, -0.05) is 31.4 Å². The van der Waals surface area contributed by atoms with Crippen LogP contribution in [0.1, 0.15) is 31.7 Å². The van der Waals surface area contributed by atoms with E-state index in [2.05, 4.69) is 6.92 Å². The van der Waals surface area contributed by atoms with E-state index in [-0.39, 0.29) is 0 Å². The average Bonchev–Trinajstić information content (AvgIpc) is 2.74. The Morgan fingerprint density at radius 2 is 2.05 bits per heavy atom. The molecule has 0 N–H and O–H groups in total. The quantitative estimate of drug-likeness (QED) is 0.433. The van der Waals surface area contributed by atoms with E-state index in [1.807, 2.05) is 36.0 Å². The van der Waals surface area contributed by atoms with Crippen molar-refractivity contribution in [2.45, 2.75) is 32.6 Å². The Bertz CT molecular complexity index is 545. The van der Waals surface area contributed by atoms with Crippen molar-refractivity contribution in [3.63, 3.8) is 0 Å². The van der Waals surface area contributed by atoms with Crippen LogP contribution in [0.2, 0.25) is 5.02 Å². The first-order valence-corrected chi connectivity index (χ1v) is 7.78. The maximum absolute atomic E-state index is 10.5. The average molecular weight is 314 g/mol. The molecule has 2 aromatic rings. The van der Waals surface area contributed by atoms with Gasteiger partial charge in [0.1, 0.15) is 6.29 Å². The van der Waals surface area contributed by atoms with Gasteiger partial charge in [-0.2, -0.15) is 0 Å². The van der Waals surface area contributed by atoms with Gasteiger partial charge in [-0.05, 0) is 30.2 Å². The molecular formula is C16H21Cl2NO. The number of aromatic nitrogens is 1. The van der Waals surface area contributed by atoms with Gasteiger partial charge >= 0.3 is 0 Å². The molecule has 1 aromatic carbocycles. The summed E-state index contributed by atoms with van der Waals surface area (Å²) in [6.07, 6.45) is 7.05. The molecular weight excluding hydrogens is 293 g/mol. The number of hydrogen-bond acceptors (Lipinski definition) is 1. The van der Waals surface area contributed by atoms with Crippen LogP contribution in [0.5, 0.6) is 0 Å². The molecule has 0 amide bonds. The molecule has 110 valence electrons. The van der Waals surface area contributed by atoms with E-state index in [0.29, 0.717) is 11.4 Å². The van der Waals surface area contributed by atoms with Crippen LogP contribution in [-0.2, 0) is 18.3 Å². The lowest BCUT2D eigenvalue weighted by Crippen LogP contribution is -1.83. The van der Waals surface area contributed by atoms with Crippen LogP contribution in [0.15, 0.2) is 24.4 Å². The minimum absolute atomic E-state index is 0.442. The van der Waals surface area contributed by atoms with Crippen molar-refractivity contribution in [2.75, 3.05) is 5.88 Å². The maximum Gasteiger partial charge on any atom is 0.124 e. The highest BCUT2D eigenvalue weighted by Gasteiger charge is 2.05. The number of carbonyl (C=O) groups excluding carboxylic acids is 1. The van der Waals surface area contributed by atoms with Crippen molar-refractivity contribution in [3.05, 3.63) is 35.0 Å². The van der Waals surface area contributed by atoms with Gasteiger partial charge in [0.2, 0.25) is 0 Å². The molecule has 2 nitrogen and oxygen atoms in total. The number of halogens is 2. The second kappa shape index (κ2) is 9.04. The zero-order valence-electron chi connectivity index (χ0n) is 12.0. The van der Waals surface area contributed by atoms with Gasteiger partial charge in [0, 0.05) is 41.5 Å². The molecule has 0 bridgehead atoms. The van der Waals surface area contributed by atoms with Crippen molar-refractivity contribution >= 4 is 40.4 Å². The Labute approximate surface area is 130 Å². The standard InChI is InChI=1S/C11H10ClNO.C5H11Cl/c1-13-7-8(4-5-14)10-6-9(12)2-3-11(10)13;1-2-3-4-5-6/h2-3,5-7H,4H2,1H3;2-5H2,1H3. The summed E-state index contributed by atoms with van der Waals surface area (Å²) in [5.74, 6) is 0.827. The first-order valence-electron chi connectivity index (χ1n) is 6.87. The lowest BCUT2D eigenvalue weighted by atomic mass is 10.1. The van der Waals surface area contributed by atoms with Crippen LogP contribution >= 0.6 is 23.2 Å². The SMILES string of the molecule is CCCCCCl.Cn1cc(CC=O)c2cc(Cl)ccc21. The van der Waals surface area contributed by atoms with Gasteiger partial charge in [-0.25, -0.2) is 0 Å². The van der Waals surface area contributed by atoms with E-state index < -0.39 is 0 Å². The van der Waals surface area contributed by atoms with Crippen molar-refractivity contribution in [2.24, 2.45) is 7.05 Å². The Morgan fingerprint density at radius 3 is 2.60 bits per heavy atom. The molecule has 0 radical (unpaired) electrons. The second-order valence-corrected chi connectivity index (χ2v) is 5.51. The highest BCUT2D eigenvalue weighted by Crippen LogP contribution is 2.24. The van der Waals surface area contributed by atoms with Gasteiger partial charge in [0.15, 0.2) is 0 Å². The number of fused-ring (bicyclic) bond motifs is 1. The monoisotopic (exact) mass is 313 g/mol. The zero-order valence-corrected chi connectivity index (χ0v) is 13.5. The predicted octanol–water partition coefficient (Wildman–Crippen LogP) is 4.99. The van der Waals surface area contributed by atoms with Gasteiger partial charge in [0.25, 0.3) is 0 Å². The second-order valence-electron chi connectivity index (χ2n) is 4.69. The molecule has 1 aromatic heterocycles. The Hall–Kier alpha value is -0.990. The third-order valence-electron chi connectivity index (χ3n) is 3.07. The first-order chi connectivity index (χ1) is 9.63. The van der Waals surface area contributed by atoms with Crippen LogP contribution in [0.3, 0.4) is 0 Å². The highest BCUT2D eigenvalue weighted by molar-refractivity contribution is 6.31. The lowest BCUT2D eigenvalue weighted by molar-refractivity contribution is -0.107. The van der Waals surface area contributed by atoms with Crippen molar-refractivity contribution in [1.29, 1.82) is 0 Å². The fourth-order valence-corrected chi connectivity index (χ4v) is 2.40. The molecule has 0 aliphatic carbocycles.